The Morgan fingerprint density at radius 3 is 2.37 bits per heavy atom. The molecule has 0 saturated carbocycles. The topological polar surface area (TPSA) is 87.2 Å². The summed E-state index contributed by atoms with van der Waals surface area (Å²) >= 11 is 0. The van der Waals surface area contributed by atoms with Gasteiger partial charge in [-0.1, -0.05) is 12.1 Å². The molecule has 1 saturated heterocycles. The Hall–Kier alpha value is -2.78. The monoisotopic (exact) mass is 388 g/mol. The number of nitrogens with zero attached hydrogens (tertiary/aromatic N) is 2. The highest BCUT2D eigenvalue weighted by atomic mass is 19.4. The number of halogens is 3. The zero-order valence-corrected chi connectivity index (χ0v) is 14.5. The molecule has 0 aliphatic carbocycles. The first-order valence-corrected chi connectivity index (χ1v) is 8.19. The summed E-state index contributed by atoms with van der Waals surface area (Å²) in [6.45, 7) is 0.175. The van der Waals surface area contributed by atoms with Gasteiger partial charge in [0, 0.05) is 20.1 Å². The number of ether oxygens (including phenoxy) is 1. The number of carbonyl (C=O) groups excluding carboxylic acids is 2. The lowest BCUT2D eigenvalue weighted by atomic mass is 9.97. The predicted octanol–water partition coefficient (Wildman–Crippen LogP) is 1.98. The van der Waals surface area contributed by atoms with E-state index in [4.69, 9.17) is 5.11 Å². The van der Waals surface area contributed by atoms with Crippen molar-refractivity contribution in [2.75, 3.05) is 26.7 Å². The molecule has 1 heterocycles. The third-order valence-corrected chi connectivity index (χ3v) is 4.26. The molecular formula is C17H19F3N2O5. The molecule has 1 aliphatic rings. The first-order chi connectivity index (χ1) is 12.6. The van der Waals surface area contributed by atoms with Crippen molar-refractivity contribution in [2.24, 2.45) is 5.92 Å². The molecule has 0 bridgehead atoms. The number of carboxylic acids is 1. The predicted molar refractivity (Wildman–Crippen MR) is 87.0 cm³/mol. The van der Waals surface area contributed by atoms with Gasteiger partial charge < -0.3 is 19.6 Å². The van der Waals surface area contributed by atoms with Crippen LogP contribution in [-0.4, -0.2) is 65.7 Å². The Kier molecular flexibility index (Phi) is 6.29. The number of aliphatic carboxylic acids is 1. The second kappa shape index (κ2) is 8.28. The number of rotatable bonds is 5. The van der Waals surface area contributed by atoms with Gasteiger partial charge in [-0.3, -0.25) is 14.4 Å². The minimum absolute atomic E-state index is 0.256. The van der Waals surface area contributed by atoms with E-state index in [9.17, 15) is 27.6 Å². The number of piperidine rings is 1. The standard InChI is InChI=1S/C17H19F3N2O5/c1-21(10-14(23)22-8-6-11(7-9-22)16(25)26)15(24)12-4-2-3-5-13(12)27-17(18,19)20/h2-5,11H,6-10H2,1H3,(H,25,26). The zero-order chi connectivity index (χ0) is 20.2. The maximum absolute atomic E-state index is 12.5. The smallest absolute Gasteiger partial charge is 0.481 e. The molecule has 10 heteroatoms. The van der Waals surface area contributed by atoms with Gasteiger partial charge in [0.15, 0.2) is 0 Å². The average molecular weight is 388 g/mol. The van der Waals surface area contributed by atoms with Gasteiger partial charge in [-0.25, -0.2) is 0 Å². The van der Waals surface area contributed by atoms with Crippen molar-refractivity contribution in [1.82, 2.24) is 9.80 Å². The number of likely N-dealkylation sites (tertiary alicyclic amines) is 1. The van der Waals surface area contributed by atoms with Gasteiger partial charge in [0.25, 0.3) is 5.91 Å². The van der Waals surface area contributed by atoms with Crippen molar-refractivity contribution < 1.29 is 37.4 Å². The first-order valence-electron chi connectivity index (χ1n) is 8.19. The number of benzene rings is 1. The minimum Gasteiger partial charge on any atom is -0.481 e. The summed E-state index contributed by atoms with van der Waals surface area (Å²) in [4.78, 5) is 38.1. The Balaban J connectivity index is 2.00. The molecule has 2 amide bonds. The fourth-order valence-corrected chi connectivity index (χ4v) is 2.81. The molecule has 1 fully saturated rings. The largest absolute Gasteiger partial charge is 0.573 e. The van der Waals surface area contributed by atoms with Crippen LogP contribution in [0.15, 0.2) is 24.3 Å². The van der Waals surface area contributed by atoms with Crippen LogP contribution in [0, 0.1) is 5.92 Å². The fraction of sp³-hybridized carbons (Fsp3) is 0.471. The lowest BCUT2D eigenvalue weighted by Gasteiger charge is -2.31. The molecule has 1 aromatic rings. The number of carboxylic acid groups (broad SMARTS) is 1. The number of amides is 2. The normalized spacial score (nSPS) is 15.3. The van der Waals surface area contributed by atoms with Crippen LogP contribution in [-0.2, 0) is 9.59 Å². The molecule has 0 atom stereocenters. The van der Waals surface area contributed by atoms with Crippen molar-refractivity contribution in [3.05, 3.63) is 29.8 Å². The highest BCUT2D eigenvalue weighted by Crippen LogP contribution is 2.27. The van der Waals surface area contributed by atoms with Crippen molar-refractivity contribution in [3.63, 3.8) is 0 Å². The van der Waals surface area contributed by atoms with E-state index < -0.39 is 35.8 Å². The maximum atomic E-state index is 12.5. The first kappa shape index (κ1) is 20.5. The highest BCUT2D eigenvalue weighted by Gasteiger charge is 2.33. The van der Waals surface area contributed by atoms with Crippen LogP contribution in [0.2, 0.25) is 0 Å². The molecule has 1 aromatic carbocycles. The third-order valence-electron chi connectivity index (χ3n) is 4.26. The van der Waals surface area contributed by atoms with E-state index in [1.807, 2.05) is 0 Å². The molecular weight excluding hydrogens is 369 g/mol. The van der Waals surface area contributed by atoms with Gasteiger partial charge in [-0.15, -0.1) is 13.2 Å². The summed E-state index contributed by atoms with van der Waals surface area (Å²) in [5, 5.41) is 8.97. The lowest BCUT2D eigenvalue weighted by Crippen LogP contribution is -2.45. The number of hydrogen-bond donors (Lipinski definition) is 1. The second-order valence-electron chi connectivity index (χ2n) is 6.20. The van der Waals surface area contributed by atoms with E-state index in [2.05, 4.69) is 4.74 Å². The van der Waals surface area contributed by atoms with Gasteiger partial charge in [-0.2, -0.15) is 0 Å². The van der Waals surface area contributed by atoms with Gasteiger partial charge in [-0.05, 0) is 25.0 Å². The maximum Gasteiger partial charge on any atom is 0.573 e. The summed E-state index contributed by atoms with van der Waals surface area (Å²) in [5.74, 6) is -3.24. The summed E-state index contributed by atoms with van der Waals surface area (Å²) in [5.41, 5.74) is -0.310. The van der Waals surface area contributed by atoms with Crippen molar-refractivity contribution in [1.29, 1.82) is 0 Å². The van der Waals surface area contributed by atoms with E-state index in [0.717, 1.165) is 11.0 Å². The minimum atomic E-state index is -4.95. The molecule has 27 heavy (non-hydrogen) atoms. The molecule has 1 N–H and O–H groups in total. The Labute approximate surface area is 153 Å². The van der Waals surface area contributed by atoms with Crippen LogP contribution >= 0.6 is 0 Å². The number of alkyl halides is 3. The fourth-order valence-electron chi connectivity index (χ4n) is 2.81. The van der Waals surface area contributed by atoms with E-state index in [1.165, 1.54) is 30.1 Å². The number of likely N-dealkylation sites (N-methyl/N-ethyl adjacent to an activating group) is 1. The molecule has 0 unspecified atom stereocenters. The van der Waals surface area contributed by atoms with Crippen LogP contribution in [0.25, 0.3) is 0 Å². The van der Waals surface area contributed by atoms with Crippen LogP contribution in [0.4, 0.5) is 13.2 Å². The molecule has 0 radical (unpaired) electrons. The number of carbonyl (C=O) groups is 3. The molecule has 0 spiro atoms. The van der Waals surface area contributed by atoms with Crippen LogP contribution in [0.5, 0.6) is 5.75 Å². The third kappa shape index (κ3) is 5.60. The van der Waals surface area contributed by atoms with E-state index in [-0.39, 0.29) is 25.2 Å². The average Bonchev–Trinajstić information content (AvgIpc) is 2.60. The van der Waals surface area contributed by atoms with Crippen molar-refractivity contribution >= 4 is 17.8 Å². The molecule has 1 aliphatic heterocycles. The molecule has 7 nitrogen and oxygen atoms in total. The number of para-hydroxylation sites is 1. The van der Waals surface area contributed by atoms with Gasteiger partial charge >= 0.3 is 12.3 Å². The Bertz CT molecular complexity index is 715. The molecule has 148 valence electrons. The zero-order valence-electron chi connectivity index (χ0n) is 14.5. The highest BCUT2D eigenvalue weighted by molar-refractivity contribution is 5.98. The van der Waals surface area contributed by atoms with E-state index in [1.54, 1.807) is 0 Å². The SMILES string of the molecule is CN(CC(=O)N1CCC(C(=O)O)CC1)C(=O)c1ccccc1OC(F)(F)F. The van der Waals surface area contributed by atoms with Gasteiger partial charge in [0.05, 0.1) is 18.0 Å². The lowest BCUT2D eigenvalue weighted by molar-refractivity contribution is -0.274. The summed E-state index contributed by atoms with van der Waals surface area (Å²) in [7, 11) is 1.30. The molecule has 2 rings (SSSR count). The Morgan fingerprint density at radius 2 is 1.81 bits per heavy atom. The summed E-state index contributed by atoms with van der Waals surface area (Å²) in [6, 6.07) is 4.90. The van der Waals surface area contributed by atoms with Crippen LogP contribution in [0.3, 0.4) is 0 Å². The van der Waals surface area contributed by atoms with E-state index in [0.29, 0.717) is 12.8 Å². The summed E-state index contributed by atoms with van der Waals surface area (Å²) < 4.78 is 41.3. The Morgan fingerprint density at radius 1 is 1.22 bits per heavy atom. The van der Waals surface area contributed by atoms with Crippen LogP contribution < -0.4 is 4.74 Å². The van der Waals surface area contributed by atoms with Gasteiger partial charge in [0.1, 0.15) is 5.75 Å². The second-order valence-corrected chi connectivity index (χ2v) is 6.20. The molecule has 0 aromatic heterocycles. The number of hydrogen-bond acceptors (Lipinski definition) is 4. The van der Waals surface area contributed by atoms with Crippen LogP contribution in [0.1, 0.15) is 23.2 Å². The van der Waals surface area contributed by atoms with Crippen molar-refractivity contribution in [3.8, 4) is 5.75 Å². The van der Waals surface area contributed by atoms with Gasteiger partial charge in [0.2, 0.25) is 5.91 Å². The quantitative estimate of drug-likeness (QED) is 0.834. The van der Waals surface area contributed by atoms with E-state index >= 15 is 0 Å². The van der Waals surface area contributed by atoms with Crippen molar-refractivity contribution in [2.45, 2.75) is 19.2 Å². The summed E-state index contributed by atoms with van der Waals surface area (Å²) in [6.07, 6.45) is -4.30.